The number of aromatic hydroxyl groups is 1. The van der Waals surface area contributed by atoms with Crippen molar-refractivity contribution < 1.29 is 36.5 Å². The smallest absolute Gasteiger partial charge is 0.232 e. The van der Waals surface area contributed by atoms with Crippen LogP contribution < -0.4 is 4.74 Å². The second-order valence-corrected chi connectivity index (χ2v) is 14.1. The quantitative estimate of drug-likeness (QED) is 0.203. The number of phenols is 1. The third-order valence-corrected chi connectivity index (χ3v) is 9.82. The number of aliphatic hydroxyl groups excluding tert-OH is 2. The minimum atomic E-state index is -1.15. The predicted molar refractivity (Wildman–Crippen MR) is 189 cm³/mol. The summed E-state index contributed by atoms with van der Waals surface area (Å²) in [6.45, 7) is 1.22. The van der Waals surface area contributed by atoms with Crippen molar-refractivity contribution in [2.24, 2.45) is 0 Å². The zero-order chi connectivity index (χ0) is 34.9. The Morgan fingerprint density at radius 2 is 1.27 bits per heavy atom. The second kappa shape index (κ2) is 16.8. The van der Waals surface area contributed by atoms with E-state index in [0.29, 0.717) is 58.0 Å². The Morgan fingerprint density at radius 3 is 1.77 bits per heavy atom. The van der Waals surface area contributed by atoms with Crippen molar-refractivity contribution in [1.82, 2.24) is 9.80 Å². The summed E-state index contributed by atoms with van der Waals surface area (Å²) in [6.07, 6.45) is 3.69. The third-order valence-electron chi connectivity index (χ3n) is 9.82. The average Bonchev–Trinajstić information content (AvgIpc) is 3.07. The van der Waals surface area contributed by atoms with Crippen LogP contribution in [0.3, 0.4) is 0 Å². The second-order valence-electron chi connectivity index (χ2n) is 14.1. The first-order valence-electron chi connectivity index (χ1n) is 17.0. The molecule has 0 aliphatic heterocycles. The van der Waals surface area contributed by atoms with Gasteiger partial charge in [-0.3, -0.25) is 4.79 Å². The van der Waals surface area contributed by atoms with Crippen LogP contribution in [0, 0.1) is 0 Å². The minimum Gasteiger partial charge on any atom is -0.508 e. The molecule has 264 valence electrons. The maximum atomic E-state index is 12.9. The van der Waals surface area contributed by atoms with Gasteiger partial charge in [0.05, 0.1) is 29.3 Å². The van der Waals surface area contributed by atoms with Gasteiger partial charge in [-0.1, -0.05) is 54.6 Å². The van der Waals surface area contributed by atoms with Crippen LogP contribution in [0.4, 0.5) is 0 Å². The van der Waals surface area contributed by atoms with E-state index in [9.17, 15) is 30.3 Å². The van der Waals surface area contributed by atoms with Crippen LogP contribution >= 0.6 is 0 Å². The predicted octanol–water partition coefficient (Wildman–Crippen LogP) is 5.05. The van der Waals surface area contributed by atoms with E-state index in [1.54, 1.807) is 26.2 Å². The summed E-state index contributed by atoms with van der Waals surface area (Å²) in [6, 6.07) is 24.4. The molecule has 2 aliphatic rings. The lowest BCUT2D eigenvalue weighted by Gasteiger charge is -2.42. The SMILES string of the molecule is CN(C)C(=O)C(c1ccc(OCc2ccccc2)cc1)C1(O)CCC(O)CC1.CN(C)CC(c1ccc(O)cc1)C1(O)CCC(O)CC1.[HH]. The van der Waals surface area contributed by atoms with E-state index >= 15 is 0 Å². The fourth-order valence-electron chi connectivity index (χ4n) is 6.94. The Balaban J connectivity index is 0.000000274. The molecule has 0 aromatic heterocycles. The van der Waals surface area contributed by atoms with Gasteiger partial charge in [-0.05, 0) is 106 Å². The Kier molecular flexibility index (Phi) is 13.0. The first kappa shape index (κ1) is 37.4. The van der Waals surface area contributed by atoms with Gasteiger partial charge in [-0.15, -0.1) is 0 Å². The molecule has 2 aliphatic carbocycles. The number of amides is 1. The van der Waals surface area contributed by atoms with Crippen molar-refractivity contribution in [3.8, 4) is 11.5 Å². The van der Waals surface area contributed by atoms with Crippen LogP contribution in [0.1, 0.15) is 81.3 Å². The lowest BCUT2D eigenvalue weighted by atomic mass is 9.71. The van der Waals surface area contributed by atoms with Gasteiger partial charge in [0.1, 0.15) is 18.1 Å². The number of nitrogens with zero attached hydrogens (tertiary/aromatic N) is 2. The van der Waals surface area contributed by atoms with Gasteiger partial charge in [0.15, 0.2) is 0 Å². The lowest BCUT2D eigenvalue weighted by molar-refractivity contribution is -0.140. The molecule has 0 spiro atoms. The van der Waals surface area contributed by atoms with E-state index in [2.05, 4.69) is 4.90 Å². The van der Waals surface area contributed by atoms with Crippen molar-refractivity contribution in [2.45, 2.75) is 93.2 Å². The molecule has 0 heterocycles. The first-order chi connectivity index (χ1) is 22.8. The summed E-state index contributed by atoms with van der Waals surface area (Å²) in [7, 11) is 7.39. The molecule has 48 heavy (non-hydrogen) atoms. The van der Waals surface area contributed by atoms with Gasteiger partial charge in [-0.2, -0.15) is 0 Å². The Labute approximate surface area is 286 Å². The normalized spacial score (nSPS) is 25.4. The maximum absolute atomic E-state index is 12.9. The molecule has 3 aromatic rings. The topological polar surface area (TPSA) is 134 Å². The van der Waals surface area contributed by atoms with E-state index in [-0.39, 0.29) is 25.1 Å². The van der Waals surface area contributed by atoms with Crippen LogP contribution in [0.25, 0.3) is 0 Å². The lowest BCUT2D eigenvalue weighted by Crippen LogP contribution is -2.47. The summed E-state index contributed by atoms with van der Waals surface area (Å²) in [4.78, 5) is 16.5. The molecule has 0 bridgehead atoms. The van der Waals surface area contributed by atoms with E-state index in [1.165, 1.54) is 4.90 Å². The molecule has 0 saturated heterocycles. The van der Waals surface area contributed by atoms with Crippen molar-refractivity contribution in [3.05, 3.63) is 95.6 Å². The van der Waals surface area contributed by atoms with Gasteiger partial charge < -0.3 is 40.1 Å². The van der Waals surface area contributed by atoms with Crippen LogP contribution in [-0.4, -0.2) is 99.4 Å². The molecule has 2 saturated carbocycles. The molecular formula is C39H56N2O7. The summed E-state index contributed by atoms with van der Waals surface area (Å²) in [5.41, 5.74) is 0.968. The number of rotatable bonds is 10. The van der Waals surface area contributed by atoms with E-state index in [1.807, 2.05) is 80.8 Å². The molecule has 5 N–H and O–H groups in total. The summed E-state index contributed by atoms with van der Waals surface area (Å²) >= 11 is 0. The van der Waals surface area contributed by atoms with Crippen molar-refractivity contribution >= 4 is 5.91 Å². The number of aliphatic hydroxyl groups is 4. The summed E-state index contributed by atoms with van der Waals surface area (Å²) < 4.78 is 5.83. The molecule has 9 heteroatoms. The van der Waals surface area contributed by atoms with Gasteiger partial charge in [0.25, 0.3) is 0 Å². The Morgan fingerprint density at radius 1 is 0.771 bits per heavy atom. The van der Waals surface area contributed by atoms with Gasteiger partial charge in [0.2, 0.25) is 5.91 Å². The number of ether oxygens (including phenoxy) is 1. The number of hydrogen-bond acceptors (Lipinski definition) is 8. The largest absolute Gasteiger partial charge is 0.508 e. The minimum absolute atomic E-state index is 0. The molecule has 9 nitrogen and oxygen atoms in total. The van der Waals surface area contributed by atoms with E-state index in [0.717, 1.165) is 29.0 Å². The zero-order valence-electron chi connectivity index (χ0n) is 28.8. The fourth-order valence-corrected chi connectivity index (χ4v) is 6.94. The number of carbonyl (C=O) groups is 1. The number of carbonyl (C=O) groups excluding carboxylic acids is 1. The zero-order valence-corrected chi connectivity index (χ0v) is 28.8. The van der Waals surface area contributed by atoms with Crippen LogP contribution in [-0.2, 0) is 11.4 Å². The molecule has 2 unspecified atom stereocenters. The summed E-state index contributed by atoms with van der Waals surface area (Å²) in [5, 5.41) is 51.2. The molecular weight excluding hydrogens is 608 g/mol. The van der Waals surface area contributed by atoms with E-state index in [4.69, 9.17) is 4.74 Å². The average molecular weight is 665 g/mol. The third kappa shape index (κ3) is 10.0. The molecule has 1 amide bonds. The highest BCUT2D eigenvalue weighted by atomic mass is 16.5. The van der Waals surface area contributed by atoms with Crippen LogP contribution in [0.2, 0.25) is 0 Å². The van der Waals surface area contributed by atoms with Gasteiger partial charge in [-0.25, -0.2) is 0 Å². The molecule has 2 atom stereocenters. The number of benzene rings is 3. The van der Waals surface area contributed by atoms with Crippen molar-refractivity contribution in [3.63, 3.8) is 0 Å². The fraction of sp³-hybridized carbons (Fsp3) is 0.513. The van der Waals surface area contributed by atoms with Crippen molar-refractivity contribution in [2.75, 3.05) is 34.7 Å². The number of likely N-dealkylation sites (N-methyl/N-ethyl adjacent to an activating group) is 2. The van der Waals surface area contributed by atoms with Gasteiger partial charge in [0, 0.05) is 28.0 Å². The first-order valence-corrected chi connectivity index (χ1v) is 17.0. The molecule has 0 radical (unpaired) electrons. The summed E-state index contributed by atoms with van der Waals surface area (Å²) in [5.74, 6) is 0.165. The van der Waals surface area contributed by atoms with Crippen molar-refractivity contribution in [1.29, 1.82) is 0 Å². The monoisotopic (exact) mass is 664 g/mol. The van der Waals surface area contributed by atoms with Crippen LogP contribution in [0.5, 0.6) is 11.5 Å². The van der Waals surface area contributed by atoms with Gasteiger partial charge >= 0.3 is 0 Å². The van der Waals surface area contributed by atoms with E-state index < -0.39 is 23.2 Å². The maximum Gasteiger partial charge on any atom is 0.232 e. The standard InChI is InChI=1S/C23H29NO4.C16H25NO3.H2/c1-24(2)22(26)21(23(27)14-12-19(25)13-15-23)18-8-10-20(11-9-18)28-16-17-6-4-3-5-7-17;1-17(2)11-15(12-3-5-13(18)6-4-12)16(20)9-7-14(19)8-10-16;/h3-11,19,21,25,27H,12-16H2,1-2H3;3-6,14-15,18-20H,7-11H2,1-2H3;1H. The highest BCUT2D eigenvalue weighted by Gasteiger charge is 2.45. The molecule has 3 aromatic carbocycles. The molecule has 5 rings (SSSR count). The number of phenolic OH excluding ortho intramolecular Hbond substituents is 1. The number of hydrogen-bond donors (Lipinski definition) is 5. The Hall–Kier alpha value is -3.47. The molecule has 2 fully saturated rings. The highest BCUT2D eigenvalue weighted by molar-refractivity contribution is 5.85. The Bertz CT molecular complexity index is 1400. The van der Waals surface area contributed by atoms with Crippen LogP contribution in [0.15, 0.2) is 78.9 Å². The highest BCUT2D eigenvalue weighted by Crippen LogP contribution is 2.42.